The van der Waals surface area contributed by atoms with Gasteiger partial charge in [0.1, 0.15) is 5.82 Å². The summed E-state index contributed by atoms with van der Waals surface area (Å²) < 4.78 is 0. The van der Waals surface area contributed by atoms with Crippen molar-refractivity contribution >= 4 is 28.8 Å². The molecule has 0 saturated heterocycles. The molecule has 0 saturated carbocycles. The maximum atomic E-state index is 4.53. The smallest absolute Gasteiger partial charge is 0.120 e. The first kappa shape index (κ1) is 30.6. The van der Waals surface area contributed by atoms with Crippen LogP contribution >= 0.6 is 11.8 Å². The van der Waals surface area contributed by atoms with E-state index in [-0.39, 0.29) is 0 Å². The second-order valence-corrected chi connectivity index (χ2v) is 10.7. The van der Waals surface area contributed by atoms with E-state index in [1.807, 2.05) is 38.9 Å². The van der Waals surface area contributed by atoms with Crippen LogP contribution in [0.2, 0.25) is 0 Å². The monoisotopic (exact) mass is 549 g/mol. The fourth-order valence-corrected chi connectivity index (χ4v) is 5.41. The van der Waals surface area contributed by atoms with E-state index in [1.54, 1.807) is 0 Å². The van der Waals surface area contributed by atoms with Gasteiger partial charge in [0.2, 0.25) is 0 Å². The lowest BCUT2D eigenvalue weighted by Gasteiger charge is -2.24. The summed E-state index contributed by atoms with van der Waals surface area (Å²) >= 11 is 1.81. The fraction of sp³-hybridized carbons (Fsp3) is 0.452. The van der Waals surface area contributed by atoms with Gasteiger partial charge >= 0.3 is 0 Å². The summed E-state index contributed by atoms with van der Waals surface area (Å²) in [7, 11) is 6.32. The predicted molar refractivity (Wildman–Crippen MR) is 169 cm³/mol. The Bertz CT molecular complexity index is 1200. The number of likely N-dealkylation sites (N-methyl/N-ethyl adjacent to an activating group) is 2. The van der Waals surface area contributed by atoms with E-state index in [9.17, 15) is 0 Å². The second kappa shape index (κ2) is 15.6. The summed E-state index contributed by atoms with van der Waals surface area (Å²) in [6, 6.07) is 13.2. The van der Waals surface area contributed by atoms with E-state index in [2.05, 4.69) is 106 Å². The Hall–Kier alpha value is -2.94. The van der Waals surface area contributed by atoms with Crippen LogP contribution < -0.4 is 16.0 Å². The van der Waals surface area contributed by atoms with Gasteiger partial charge < -0.3 is 30.7 Å². The lowest BCUT2D eigenvalue weighted by atomic mass is 10.1. The molecule has 0 atom stereocenters. The van der Waals surface area contributed by atoms with Gasteiger partial charge in [-0.2, -0.15) is 0 Å². The van der Waals surface area contributed by atoms with Crippen LogP contribution in [0.3, 0.4) is 0 Å². The lowest BCUT2D eigenvalue weighted by molar-refractivity contribution is 0.295. The topological polar surface area (TPSA) is 71.2 Å². The molecule has 2 aromatic carbocycles. The van der Waals surface area contributed by atoms with Crippen molar-refractivity contribution in [2.45, 2.75) is 56.9 Å². The first-order valence-corrected chi connectivity index (χ1v) is 15.1. The van der Waals surface area contributed by atoms with E-state index < -0.39 is 0 Å². The van der Waals surface area contributed by atoms with Crippen LogP contribution in [0, 0.1) is 0 Å². The summed E-state index contributed by atoms with van der Waals surface area (Å²) in [5.41, 5.74) is 6.74. The number of aromatic nitrogens is 2. The van der Waals surface area contributed by atoms with Crippen LogP contribution in [0.4, 0.5) is 11.4 Å². The highest BCUT2D eigenvalue weighted by atomic mass is 32.2. The zero-order valence-electron chi connectivity index (χ0n) is 24.8. The lowest BCUT2D eigenvalue weighted by Crippen LogP contribution is -2.29. The van der Waals surface area contributed by atoms with Gasteiger partial charge in [0.05, 0.1) is 35.5 Å². The summed E-state index contributed by atoms with van der Waals surface area (Å²) in [5, 5.41) is 10.4. The molecule has 0 spiro atoms. The van der Waals surface area contributed by atoms with Crippen LogP contribution in [0.5, 0.6) is 0 Å². The van der Waals surface area contributed by atoms with Crippen LogP contribution in [-0.4, -0.2) is 67.1 Å². The molecule has 4 N–H and O–H groups in total. The van der Waals surface area contributed by atoms with Gasteiger partial charge in [-0.3, -0.25) is 0 Å². The zero-order valence-corrected chi connectivity index (χ0v) is 25.6. The van der Waals surface area contributed by atoms with E-state index in [0.29, 0.717) is 0 Å². The highest BCUT2D eigenvalue weighted by molar-refractivity contribution is 7.99. The summed E-state index contributed by atoms with van der Waals surface area (Å²) in [6.07, 6.45) is 6.43. The molecule has 8 heteroatoms. The third-order valence-electron chi connectivity index (χ3n) is 6.48. The predicted octanol–water partition coefficient (Wildman–Crippen LogP) is 6.60. The Morgan fingerprint density at radius 1 is 0.974 bits per heavy atom. The highest BCUT2D eigenvalue weighted by Crippen LogP contribution is 2.46. The van der Waals surface area contributed by atoms with Crippen molar-refractivity contribution in [3.05, 3.63) is 60.2 Å². The van der Waals surface area contributed by atoms with Crippen LogP contribution in [-0.2, 0) is 6.54 Å². The van der Waals surface area contributed by atoms with E-state index in [0.717, 1.165) is 73.3 Å². The highest BCUT2D eigenvalue weighted by Gasteiger charge is 2.18. The van der Waals surface area contributed by atoms with Gasteiger partial charge in [0.15, 0.2) is 0 Å². The molecule has 0 aliphatic carbocycles. The summed E-state index contributed by atoms with van der Waals surface area (Å²) in [4.78, 5) is 15.1. The Kier molecular flexibility index (Phi) is 12.2. The van der Waals surface area contributed by atoms with Gasteiger partial charge in [0.25, 0.3) is 0 Å². The molecule has 0 amide bonds. The standard InChI is InChI=1S/C29H41N7S.C2H6/c1-6-12-31-19-29-32-18-25(34-29)21-9-11-27-24(16-21)33-23-10-8-22(17-28(23)37-27)26(30-3)20-36(5)15-14-35(4)13-7-2;1-2/h8-11,16-18,20,30-31,33H,6-7,12-15,19H2,1-5H3,(H,32,34);1-2H3/b26-20-;. The number of hydrogen-bond donors (Lipinski definition) is 4. The van der Waals surface area contributed by atoms with Crippen molar-refractivity contribution in [2.24, 2.45) is 0 Å². The maximum Gasteiger partial charge on any atom is 0.120 e. The molecule has 1 aliphatic heterocycles. The number of H-pyrrole nitrogens is 1. The molecule has 0 bridgehead atoms. The van der Waals surface area contributed by atoms with E-state index in [4.69, 9.17) is 0 Å². The van der Waals surface area contributed by atoms with Gasteiger partial charge in [0, 0.05) is 54.3 Å². The van der Waals surface area contributed by atoms with Crippen molar-refractivity contribution in [3.63, 3.8) is 0 Å². The number of anilines is 2. The van der Waals surface area contributed by atoms with E-state index >= 15 is 0 Å². The normalized spacial score (nSPS) is 12.3. The third kappa shape index (κ3) is 8.52. The fourth-order valence-electron chi connectivity index (χ4n) is 4.40. The molecule has 7 nitrogen and oxygen atoms in total. The summed E-state index contributed by atoms with van der Waals surface area (Å²) in [6.45, 7) is 13.3. The largest absolute Gasteiger partial charge is 0.386 e. The Morgan fingerprint density at radius 2 is 1.79 bits per heavy atom. The Morgan fingerprint density at radius 3 is 2.54 bits per heavy atom. The van der Waals surface area contributed by atoms with Crippen molar-refractivity contribution in [1.29, 1.82) is 0 Å². The molecule has 1 aliphatic rings. The van der Waals surface area contributed by atoms with E-state index in [1.165, 1.54) is 21.8 Å². The van der Waals surface area contributed by atoms with Gasteiger partial charge in [-0.1, -0.05) is 51.6 Å². The average Bonchev–Trinajstić information content (AvgIpc) is 3.43. The molecular weight excluding hydrogens is 502 g/mol. The average molecular weight is 550 g/mol. The van der Waals surface area contributed by atoms with Gasteiger partial charge in [-0.25, -0.2) is 4.98 Å². The minimum atomic E-state index is 0.761. The van der Waals surface area contributed by atoms with Crippen molar-refractivity contribution in [2.75, 3.05) is 52.6 Å². The van der Waals surface area contributed by atoms with Gasteiger partial charge in [-0.15, -0.1) is 0 Å². The number of imidazole rings is 1. The number of aromatic amines is 1. The first-order valence-electron chi connectivity index (χ1n) is 14.3. The number of nitrogens with zero attached hydrogens (tertiary/aromatic N) is 3. The molecule has 212 valence electrons. The Balaban J connectivity index is 0.00000205. The number of nitrogens with one attached hydrogen (secondary N) is 4. The number of benzene rings is 2. The summed E-state index contributed by atoms with van der Waals surface area (Å²) in [5.74, 6) is 0.966. The molecular formula is C31H47N7S. The van der Waals surface area contributed by atoms with Gasteiger partial charge in [-0.05, 0) is 57.2 Å². The number of fused-ring (bicyclic) bond motifs is 2. The van der Waals surface area contributed by atoms with Crippen molar-refractivity contribution < 1.29 is 0 Å². The molecule has 4 rings (SSSR count). The molecule has 3 aromatic rings. The molecule has 1 aromatic heterocycles. The quantitative estimate of drug-likeness (QED) is 0.140. The first-order chi connectivity index (χ1) is 19.0. The molecule has 39 heavy (non-hydrogen) atoms. The Labute approximate surface area is 239 Å². The second-order valence-electron chi connectivity index (χ2n) is 9.65. The van der Waals surface area contributed by atoms with Crippen LogP contribution in [0.1, 0.15) is 51.9 Å². The van der Waals surface area contributed by atoms with Crippen LogP contribution in [0.25, 0.3) is 17.0 Å². The minimum absolute atomic E-state index is 0.761. The molecule has 0 fully saturated rings. The third-order valence-corrected chi connectivity index (χ3v) is 7.61. The maximum absolute atomic E-state index is 4.53. The zero-order chi connectivity index (χ0) is 28.2. The number of rotatable bonds is 13. The van der Waals surface area contributed by atoms with Crippen LogP contribution in [0.15, 0.2) is 58.6 Å². The minimum Gasteiger partial charge on any atom is -0.386 e. The molecule has 0 radical (unpaired) electrons. The van der Waals surface area contributed by atoms with Crippen molar-refractivity contribution in [3.8, 4) is 11.3 Å². The molecule has 0 unspecified atom stereocenters. The van der Waals surface area contributed by atoms with Crippen molar-refractivity contribution in [1.82, 2.24) is 30.4 Å². The molecule has 2 heterocycles. The SMILES string of the molecule is CC.CCCNCc1ncc(-c2ccc3c(c2)Nc2ccc(/C(=C/N(C)CCN(C)CCC)NC)cc2S3)[nH]1. The number of hydrogen-bond acceptors (Lipinski definition) is 7.